The van der Waals surface area contributed by atoms with Crippen molar-refractivity contribution in [1.29, 1.82) is 0 Å². The Kier molecular flexibility index (Phi) is 3.09. The van der Waals surface area contributed by atoms with Gasteiger partial charge in [-0.25, -0.2) is 0 Å². The topological polar surface area (TPSA) is 41.6 Å². The van der Waals surface area contributed by atoms with Gasteiger partial charge in [0, 0.05) is 31.7 Å². The molecule has 1 spiro atoms. The number of hydrogen-bond donors (Lipinski definition) is 1. The summed E-state index contributed by atoms with van der Waals surface area (Å²) >= 11 is 0. The lowest BCUT2D eigenvalue weighted by molar-refractivity contribution is -0.132. The van der Waals surface area contributed by atoms with Crippen LogP contribution < -0.4 is 5.32 Å². The van der Waals surface area contributed by atoms with E-state index in [2.05, 4.69) is 10.2 Å². The summed E-state index contributed by atoms with van der Waals surface area (Å²) in [6, 6.07) is 0. The molecular weight excluding hydrogens is 216 g/mol. The third-order valence-electron chi connectivity index (χ3n) is 4.55. The van der Waals surface area contributed by atoms with Crippen LogP contribution in [-0.4, -0.2) is 49.7 Å². The predicted molar refractivity (Wildman–Crippen MR) is 64.7 cm³/mol. The van der Waals surface area contributed by atoms with E-state index in [-0.39, 0.29) is 6.10 Å². The van der Waals surface area contributed by atoms with Gasteiger partial charge in [-0.2, -0.15) is 0 Å². The van der Waals surface area contributed by atoms with Gasteiger partial charge in [-0.3, -0.25) is 4.79 Å². The molecule has 0 aliphatic carbocycles. The zero-order valence-electron chi connectivity index (χ0n) is 10.4. The summed E-state index contributed by atoms with van der Waals surface area (Å²) in [4.78, 5) is 14.2. The number of carbonyl (C=O) groups is 1. The highest BCUT2D eigenvalue weighted by Gasteiger charge is 2.42. The number of carbonyl (C=O) groups excluding carboxylic acids is 1. The second-order valence-corrected chi connectivity index (χ2v) is 5.83. The Morgan fingerprint density at radius 1 is 1.47 bits per heavy atom. The minimum atomic E-state index is 0.195. The third kappa shape index (κ3) is 2.33. The van der Waals surface area contributed by atoms with Crippen LogP contribution in [0.4, 0.5) is 0 Å². The highest BCUT2D eigenvalue weighted by molar-refractivity contribution is 5.77. The zero-order chi connectivity index (χ0) is 11.7. The molecule has 2 atom stereocenters. The number of amides is 1. The predicted octanol–water partition coefficient (Wildman–Crippen LogP) is 0.767. The average Bonchev–Trinajstić information content (AvgIpc) is 3.03. The van der Waals surface area contributed by atoms with Gasteiger partial charge in [-0.05, 0) is 32.2 Å². The summed E-state index contributed by atoms with van der Waals surface area (Å²) in [7, 11) is 0. The molecule has 3 heterocycles. The van der Waals surface area contributed by atoms with Crippen molar-refractivity contribution in [3.63, 3.8) is 0 Å². The van der Waals surface area contributed by atoms with Crippen LogP contribution in [-0.2, 0) is 9.53 Å². The Bertz CT molecular complexity index is 294. The van der Waals surface area contributed by atoms with Crippen LogP contribution >= 0.6 is 0 Å². The molecular formula is C13H22N2O2. The molecule has 3 saturated heterocycles. The quantitative estimate of drug-likeness (QED) is 0.772. The molecule has 3 aliphatic heterocycles. The van der Waals surface area contributed by atoms with E-state index in [1.165, 1.54) is 12.8 Å². The first-order valence-corrected chi connectivity index (χ1v) is 6.88. The first kappa shape index (κ1) is 11.5. The molecule has 3 rings (SSSR count). The lowest BCUT2D eigenvalue weighted by Crippen LogP contribution is -2.34. The standard InChI is InChI=1S/C13H22N2O2/c16-12(8-11-2-1-7-17-11)15-6-4-13(10-15)3-5-14-9-13/h11,14H,1-10H2. The molecule has 1 N–H and O–H groups in total. The van der Waals surface area contributed by atoms with E-state index in [9.17, 15) is 4.79 Å². The van der Waals surface area contributed by atoms with E-state index in [0.29, 0.717) is 17.7 Å². The highest BCUT2D eigenvalue weighted by Crippen LogP contribution is 2.36. The van der Waals surface area contributed by atoms with Gasteiger partial charge in [0.05, 0.1) is 12.5 Å². The molecule has 96 valence electrons. The largest absolute Gasteiger partial charge is 0.378 e. The number of rotatable bonds is 2. The summed E-state index contributed by atoms with van der Waals surface area (Å²) < 4.78 is 5.54. The lowest BCUT2D eigenvalue weighted by atomic mass is 9.86. The fraction of sp³-hybridized carbons (Fsp3) is 0.923. The molecule has 0 aromatic carbocycles. The van der Waals surface area contributed by atoms with Gasteiger partial charge in [0.25, 0.3) is 0 Å². The Labute approximate surface area is 103 Å². The van der Waals surface area contributed by atoms with Crippen molar-refractivity contribution in [1.82, 2.24) is 10.2 Å². The molecule has 3 aliphatic rings. The van der Waals surface area contributed by atoms with Gasteiger partial charge < -0.3 is 15.0 Å². The Hall–Kier alpha value is -0.610. The van der Waals surface area contributed by atoms with Crippen molar-refractivity contribution in [2.24, 2.45) is 5.41 Å². The van der Waals surface area contributed by atoms with Crippen molar-refractivity contribution in [2.45, 2.75) is 38.2 Å². The molecule has 0 aromatic rings. The smallest absolute Gasteiger partial charge is 0.225 e. The summed E-state index contributed by atoms with van der Waals surface area (Å²) in [5.41, 5.74) is 0.395. The maximum atomic E-state index is 12.2. The van der Waals surface area contributed by atoms with Crippen molar-refractivity contribution in [3.05, 3.63) is 0 Å². The molecule has 1 amide bonds. The van der Waals surface area contributed by atoms with E-state index in [4.69, 9.17) is 4.74 Å². The van der Waals surface area contributed by atoms with Crippen LogP contribution in [0.25, 0.3) is 0 Å². The monoisotopic (exact) mass is 238 g/mol. The van der Waals surface area contributed by atoms with Crippen LogP contribution in [0.5, 0.6) is 0 Å². The average molecular weight is 238 g/mol. The number of hydrogen-bond acceptors (Lipinski definition) is 3. The summed E-state index contributed by atoms with van der Waals surface area (Å²) in [6.07, 6.45) is 5.39. The lowest BCUT2D eigenvalue weighted by Gasteiger charge is -2.23. The van der Waals surface area contributed by atoms with E-state index in [1.54, 1.807) is 0 Å². The minimum absolute atomic E-state index is 0.195. The number of nitrogens with zero attached hydrogens (tertiary/aromatic N) is 1. The SMILES string of the molecule is O=C(CC1CCCO1)N1CCC2(CCNC2)C1. The second kappa shape index (κ2) is 4.58. The van der Waals surface area contributed by atoms with Gasteiger partial charge in [0.1, 0.15) is 0 Å². The Morgan fingerprint density at radius 2 is 2.41 bits per heavy atom. The van der Waals surface area contributed by atoms with E-state index in [0.717, 1.165) is 45.6 Å². The van der Waals surface area contributed by atoms with Crippen LogP contribution in [0.1, 0.15) is 32.1 Å². The molecule has 0 saturated carbocycles. The van der Waals surface area contributed by atoms with Crippen LogP contribution in [0.2, 0.25) is 0 Å². The molecule has 0 aromatic heterocycles. The van der Waals surface area contributed by atoms with Crippen molar-refractivity contribution < 1.29 is 9.53 Å². The third-order valence-corrected chi connectivity index (χ3v) is 4.55. The molecule has 4 nitrogen and oxygen atoms in total. The first-order chi connectivity index (χ1) is 8.27. The minimum Gasteiger partial charge on any atom is -0.378 e. The van der Waals surface area contributed by atoms with Crippen molar-refractivity contribution >= 4 is 5.91 Å². The van der Waals surface area contributed by atoms with E-state index in [1.807, 2.05) is 0 Å². The molecule has 0 radical (unpaired) electrons. The fourth-order valence-electron chi connectivity index (χ4n) is 3.42. The molecule has 3 fully saturated rings. The molecule has 0 bridgehead atoms. The normalized spacial score (nSPS) is 37.2. The van der Waals surface area contributed by atoms with Crippen molar-refractivity contribution in [3.8, 4) is 0 Å². The van der Waals surface area contributed by atoms with E-state index < -0.39 is 0 Å². The summed E-state index contributed by atoms with van der Waals surface area (Å²) in [5, 5.41) is 3.42. The fourth-order valence-corrected chi connectivity index (χ4v) is 3.42. The van der Waals surface area contributed by atoms with Gasteiger partial charge in [-0.15, -0.1) is 0 Å². The van der Waals surface area contributed by atoms with Gasteiger partial charge in [0.2, 0.25) is 5.91 Å². The zero-order valence-corrected chi connectivity index (χ0v) is 10.4. The maximum Gasteiger partial charge on any atom is 0.225 e. The molecule has 4 heteroatoms. The van der Waals surface area contributed by atoms with Crippen molar-refractivity contribution in [2.75, 3.05) is 32.8 Å². The Balaban J connectivity index is 1.53. The first-order valence-electron chi connectivity index (χ1n) is 6.88. The maximum absolute atomic E-state index is 12.2. The van der Waals surface area contributed by atoms with E-state index >= 15 is 0 Å². The van der Waals surface area contributed by atoms with Gasteiger partial charge >= 0.3 is 0 Å². The number of nitrogens with one attached hydrogen (secondary N) is 1. The molecule has 2 unspecified atom stereocenters. The van der Waals surface area contributed by atoms with Crippen LogP contribution in [0, 0.1) is 5.41 Å². The highest BCUT2D eigenvalue weighted by atomic mass is 16.5. The number of likely N-dealkylation sites (tertiary alicyclic amines) is 1. The van der Waals surface area contributed by atoms with Gasteiger partial charge in [0.15, 0.2) is 0 Å². The van der Waals surface area contributed by atoms with Crippen LogP contribution in [0.15, 0.2) is 0 Å². The molecule has 17 heavy (non-hydrogen) atoms. The van der Waals surface area contributed by atoms with Crippen LogP contribution in [0.3, 0.4) is 0 Å². The Morgan fingerprint density at radius 3 is 3.12 bits per heavy atom. The summed E-state index contributed by atoms with van der Waals surface area (Å²) in [5.74, 6) is 0.306. The summed E-state index contributed by atoms with van der Waals surface area (Å²) in [6.45, 7) is 4.97. The number of ether oxygens (including phenoxy) is 1. The van der Waals surface area contributed by atoms with Gasteiger partial charge in [-0.1, -0.05) is 0 Å². The second-order valence-electron chi connectivity index (χ2n) is 5.83.